The SMILES string of the molecule is Cc1cc(C(=O)Nc2ccc(Cl)cc2OCC(F)(F)F)no1. The number of hydrogen-bond acceptors (Lipinski definition) is 4. The number of halogens is 4. The smallest absolute Gasteiger partial charge is 0.422 e. The van der Waals surface area contributed by atoms with Crippen LogP contribution < -0.4 is 10.1 Å². The van der Waals surface area contributed by atoms with Gasteiger partial charge in [-0.25, -0.2) is 0 Å². The molecule has 0 saturated carbocycles. The van der Waals surface area contributed by atoms with Crippen LogP contribution in [0.2, 0.25) is 5.02 Å². The van der Waals surface area contributed by atoms with Gasteiger partial charge in [0, 0.05) is 17.2 Å². The van der Waals surface area contributed by atoms with E-state index in [-0.39, 0.29) is 22.2 Å². The third-order valence-corrected chi connectivity index (χ3v) is 2.68. The van der Waals surface area contributed by atoms with Crippen LogP contribution in [0.25, 0.3) is 0 Å². The van der Waals surface area contributed by atoms with Gasteiger partial charge >= 0.3 is 6.18 Å². The monoisotopic (exact) mass is 334 g/mol. The third kappa shape index (κ3) is 4.39. The Morgan fingerprint density at radius 3 is 2.73 bits per heavy atom. The van der Waals surface area contributed by atoms with E-state index < -0.39 is 18.7 Å². The largest absolute Gasteiger partial charge is 0.482 e. The second-order valence-corrected chi connectivity index (χ2v) is 4.76. The zero-order chi connectivity index (χ0) is 16.3. The number of alkyl halides is 3. The van der Waals surface area contributed by atoms with Crippen molar-refractivity contribution in [2.45, 2.75) is 13.1 Å². The molecule has 0 aliphatic rings. The van der Waals surface area contributed by atoms with Gasteiger partial charge in [-0.05, 0) is 19.1 Å². The molecule has 1 amide bonds. The highest BCUT2D eigenvalue weighted by Gasteiger charge is 2.29. The number of amides is 1. The molecule has 1 heterocycles. The van der Waals surface area contributed by atoms with Gasteiger partial charge < -0.3 is 14.6 Å². The predicted octanol–water partition coefficient (Wildman–Crippen LogP) is 3.83. The number of ether oxygens (including phenoxy) is 1. The van der Waals surface area contributed by atoms with Gasteiger partial charge in [0.2, 0.25) is 0 Å². The fraction of sp³-hybridized carbons (Fsp3) is 0.231. The lowest BCUT2D eigenvalue weighted by Crippen LogP contribution is -2.20. The van der Waals surface area contributed by atoms with E-state index in [1.807, 2.05) is 0 Å². The highest BCUT2D eigenvalue weighted by atomic mass is 35.5. The minimum Gasteiger partial charge on any atom is -0.482 e. The lowest BCUT2D eigenvalue weighted by molar-refractivity contribution is -0.153. The molecule has 0 bridgehead atoms. The van der Waals surface area contributed by atoms with Crippen LogP contribution >= 0.6 is 11.6 Å². The lowest BCUT2D eigenvalue weighted by Gasteiger charge is -2.13. The maximum atomic E-state index is 12.2. The Morgan fingerprint density at radius 2 is 2.14 bits per heavy atom. The highest BCUT2D eigenvalue weighted by Crippen LogP contribution is 2.30. The Labute approximate surface area is 128 Å². The van der Waals surface area contributed by atoms with Crippen molar-refractivity contribution in [2.24, 2.45) is 0 Å². The molecule has 2 rings (SSSR count). The number of carbonyl (C=O) groups excluding carboxylic acids is 1. The summed E-state index contributed by atoms with van der Waals surface area (Å²) in [5.74, 6) is -0.413. The number of aryl methyl sites for hydroxylation is 1. The van der Waals surface area contributed by atoms with E-state index in [9.17, 15) is 18.0 Å². The summed E-state index contributed by atoms with van der Waals surface area (Å²) in [5.41, 5.74) is 0.0357. The summed E-state index contributed by atoms with van der Waals surface area (Å²) < 4.78 is 46.1. The number of hydrogen-bond donors (Lipinski definition) is 1. The molecule has 2 aromatic rings. The minimum atomic E-state index is -4.51. The molecule has 0 fully saturated rings. The molecule has 0 saturated heterocycles. The number of benzene rings is 1. The van der Waals surface area contributed by atoms with Gasteiger partial charge in [0.1, 0.15) is 11.5 Å². The van der Waals surface area contributed by atoms with Crippen molar-refractivity contribution in [1.29, 1.82) is 0 Å². The summed E-state index contributed by atoms with van der Waals surface area (Å²) in [7, 11) is 0. The number of carbonyl (C=O) groups is 1. The van der Waals surface area contributed by atoms with Crippen LogP contribution in [0, 0.1) is 6.92 Å². The second-order valence-electron chi connectivity index (χ2n) is 4.32. The van der Waals surface area contributed by atoms with Crippen molar-refractivity contribution in [2.75, 3.05) is 11.9 Å². The van der Waals surface area contributed by atoms with E-state index in [2.05, 4.69) is 15.2 Å². The van der Waals surface area contributed by atoms with Crippen molar-refractivity contribution >= 4 is 23.2 Å². The molecule has 22 heavy (non-hydrogen) atoms. The molecule has 118 valence electrons. The molecule has 0 unspecified atom stereocenters. The van der Waals surface area contributed by atoms with Gasteiger partial charge in [0.25, 0.3) is 5.91 Å². The number of rotatable bonds is 4. The minimum absolute atomic E-state index is 0.00535. The molecular formula is C13H10ClF3N2O3. The zero-order valence-corrected chi connectivity index (χ0v) is 12.0. The predicted molar refractivity (Wildman–Crippen MR) is 72.2 cm³/mol. The molecular weight excluding hydrogens is 325 g/mol. The molecule has 0 radical (unpaired) electrons. The van der Waals surface area contributed by atoms with Gasteiger partial charge in [-0.3, -0.25) is 4.79 Å². The standard InChI is InChI=1S/C13H10ClF3N2O3/c1-7-4-10(19-22-7)12(20)18-9-3-2-8(14)5-11(9)21-6-13(15,16)17/h2-5H,6H2,1H3,(H,18,20). The summed E-state index contributed by atoms with van der Waals surface area (Å²) in [6, 6.07) is 5.31. The van der Waals surface area contributed by atoms with E-state index in [1.54, 1.807) is 6.92 Å². The molecule has 0 aliphatic heterocycles. The van der Waals surface area contributed by atoms with Crippen LogP contribution in [0.15, 0.2) is 28.8 Å². The Balaban J connectivity index is 2.17. The van der Waals surface area contributed by atoms with Crippen LogP contribution in [0.1, 0.15) is 16.2 Å². The van der Waals surface area contributed by atoms with E-state index in [0.717, 1.165) is 0 Å². The normalized spacial score (nSPS) is 11.3. The van der Waals surface area contributed by atoms with E-state index in [0.29, 0.717) is 5.76 Å². The molecule has 0 atom stereocenters. The van der Waals surface area contributed by atoms with E-state index in [4.69, 9.17) is 16.1 Å². The number of nitrogens with zero attached hydrogens (tertiary/aromatic N) is 1. The van der Waals surface area contributed by atoms with Crippen LogP contribution in [0.4, 0.5) is 18.9 Å². The van der Waals surface area contributed by atoms with Crippen molar-refractivity contribution in [1.82, 2.24) is 5.16 Å². The van der Waals surface area contributed by atoms with E-state index in [1.165, 1.54) is 24.3 Å². The molecule has 1 N–H and O–H groups in total. The van der Waals surface area contributed by atoms with Crippen LogP contribution in [-0.2, 0) is 0 Å². The van der Waals surface area contributed by atoms with Crippen molar-refractivity contribution in [3.63, 3.8) is 0 Å². The number of nitrogens with one attached hydrogen (secondary N) is 1. The van der Waals surface area contributed by atoms with Crippen LogP contribution in [-0.4, -0.2) is 23.8 Å². The molecule has 0 aliphatic carbocycles. The first-order valence-electron chi connectivity index (χ1n) is 5.98. The first-order chi connectivity index (χ1) is 10.2. The summed E-state index contributed by atoms with van der Waals surface area (Å²) >= 11 is 5.72. The van der Waals surface area contributed by atoms with Gasteiger partial charge in [0.15, 0.2) is 12.3 Å². The zero-order valence-electron chi connectivity index (χ0n) is 11.2. The Bertz CT molecular complexity index is 685. The van der Waals surface area contributed by atoms with Crippen molar-refractivity contribution < 1.29 is 27.2 Å². The molecule has 0 spiro atoms. The summed E-state index contributed by atoms with van der Waals surface area (Å²) in [6.07, 6.45) is -4.51. The highest BCUT2D eigenvalue weighted by molar-refractivity contribution is 6.30. The first kappa shape index (κ1) is 16.2. The Hall–Kier alpha value is -2.22. The number of aromatic nitrogens is 1. The average Bonchev–Trinajstić information content (AvgIpc) is 2.85. The quantitative estimate of drug-likeness (QED) is 0.923. The second kappa shape index (κ2) is 6.27. The van der Waals surface area contributed by atoms with Gasteiger partial charge in [-0.15, -0.1) is 0 Å². The van der Waals surface area contributed by atoms with Gasteiger partial charge in [0.05, 0.1) is 5.69 Å². The third-order valence-electron chi connectivity index (χ3n) is 2.44. The fourth-order valence-corrected chi connectivity index (χ4v) is 1.70. The van der Waals surface area contributed by atoms with Crippen LogP contribution in [0.3, 0.4) is 0 Å². The van der Waals surface area contributed by atoms with Gasteiger partial charge in [-0.2, -0.15) is 13.2 Å². The summed E-state index contributed by atoms with van der Waals surface area (Å²) in [4.78, 5) is 11.9. The van der Waals surface area contributed by atoms with E-state index >= 15 is 0 Å². The Kier molecular flexibility index (Phi) is 4.60. The molecule has 1 aromatic heterocycles. The van der Waals surface area contributed by atoms with Crippen molar-refractivity contribution in [3.05, 3.63) is 40.7 Å². The van der Waals surface area contributed by atoms with Gasteiger partial charge in [-0.1, -0.05) is 16.8 Å². The maximum Gasteiger partial charge on any atom is 0.422 e. The van der Waals surface area contributed by atoms with Crippen LogP contribution in [0.5, 0.6) is 5.75 Å². The fourth-order valence-electron chi connectivity index (χ4n) is 1.54. The maximum absolute atomic E-state index is 12.2. The molecule has 5 nitrogen and oxygen atoms in total. The lowest BCUT2D eigenvalue weighted by atomic mass is 10.2. The average molecular weight is 335 g/mol. The Morgan fingerprint density at radius 1 is 1.41 bits per heavy atom. The summed E-state index contributed by atoms with van der Waals surface area (Å²) in [6.45, 7) is 0.100. The molecule has 9 heteroatoms. The first-order valence-corrected chi connectivity index (χ1v) is 6.36. The van der Waals surface area contributed by atoms with Crippen molar-refractivity contribution in [3.8, 4) is 5.75 Å². The summed E-state index contributed by atoms with van der Waals surface area (Å²) in [5, 5.41) is 6.08. The number of anilines is 1. The molecule has 1 aromatic carbocycles. The topological polar surface area (TPSA) is 64.4 Å².